The fraction of sp³-hybridized carbons (Fsp3) is 0.588. The zero-order valence-electron chi connectivity index (χ0n) is 12.1. The number of aliphatic hydroxyl groups excluding tert-OH is 1. The van der Waals surface area contributed by atoms with Crippen LogP contribution >= 0.6 is 0 Å². The van der Waals surface area contributed by atoms with E-state index < -0.39 is 11.5 Å². The Hall–Kier alpha value is -1.35. The summed E-state index contributed by atoms with van der Waals surface area (Å²) in [5.74, 6) is 0.314. The third-order valence-electron chi connectivity index (χ3n) is 5.26. The van der Waals surface area contributed by atoms with Crippen LogP contribution in [0.2, 0.25) is 0 Å². The number of aliphatic hydroxyl groups is 1. The molecule has 4 atom stereocenters. The van der Waals surface area contributed by atoms with Gasteiger partial charge in [-0.3, -0.25) is 4.79 Å². The SMILES string of the molecule is CCOC(=O)[C@@]1(C)[C@@H](O)c2ccccc2[C@H]2CCC[C@@H]21. The summed E-state index contributed by atoms with van der Waals surface area (Å²) in [5.41, 5.74) is 1.32. The first-order chi connectivity index (χ1) is 9.60. The highest BCUT2D eigenvalue weighted by Crippen LogP contribution is 2.59. The number of esters is 1. The van der Waals surface area contributed by atoms with Gasteiger partial charge in [-0.05, 0) is 49.7 Å². The van der Waals surface area contributed by atoms with Crippen molar-refractivity contribution in [2.45, 2.75) is 45.1 Å². The summed E-state index contributed by atoms with van der Waals surface area (Å²) in [6.07, 6.45) is 2.44. The third-order valence-corrected chi connectivity index (χ3v) is 5.26. The zero-order chi connectivity index (χ0) is 14.3. The Morgan fingerprint density at radius 1 is 1.35 bits per heavy atom. The fourth-order valence-electron chi connectivity index (χ4n) is 4.22. The van der Waals surface area contributed by atoms with Gasteiger partial charge in [0.25, 0.3) is 0 Å². The second-order valence-electron chi connectivity index (χ2n) is 6.18. The molecule has 3 rings (SSSR count). The summed E-state index contributed by atoms with van der Waals surface area (Å²) in [6.45, 7) is 4.06. The molecule has 0 aromatic heterocycles. The molecule has 1 aromatic rings. The first-order valence-electron chi connectivity index (χ1n) is 7.54. The van der Waals surface area contributed by atoms with Gasteiger partial charge in [0, 0.05) is 0 Å². The molecule has 2 aliphatic carbocycles. The van der Waals surface area contributed by atoms with Crippen molar-refractivity contribution in [2.75, 3.05) is 6.61 Å². The molecule has 0 unspecified atom stereocenters. The number of hydrogen-bond donors (Lipinski definition) is 1. The predicted octanol–water partition coefficient (Wildman–Crippen LogP) is 3.19. The van der Waals surface area contributed by atoms with Gasteiger partial charge in [-0.25, -0.2) is 0 Å². The molecule has 1 saturated carbocycles. The average molecular weight is 274 g/mol. The smallest absolute Gasteiger partial charge is 0.315 e. The molecule has 0 bridgehead atoms. The van der Waals surface area contributed by atoms with E-state index in [0.717, 1.165) is 24.8 Å². The van der Waals surface area contributed by atoms with E-state index in [9.17, 15) is 9.90 Å². The highest BCUT2D eigenvalue weighted by molar-refractivity contribution is 5.79. The number of ether oxygens (including phenoxy) is 1. The maximum absolute atomic E-state index is 12.5. The lowest BCUT2D eigenvalue weighted by molar-refractivity contribution is -0.169. The predicted molar refractivity (Wildman–Crippen MR) is 76.2 cm³/mol. The topological polar surface area (TPSA) is 46.5 Å². The molecule has 1 N–H and O–H groups in total. The van der Waals surface area contributed by atoms with Crippen LogP contribution in [0.15, 0.2) is 24.3 Å². The minimum atomic E-state index is -0.814. The van der Waals surface area contributed by atoms with Gasteiger partial charge in [0.05, 0.1) is 18.1 Å². The summed E-state index contributed by atoms with van der Waals surface area (Å²) in [4.78, 5) is 12.5. The van der Waals surface area contributed by atoms with Gasteiger partial charge in [0.1, 0.15) is 0 Å². The molecule has 1 aromatic carbocycles. The van der Waals surface area contributed by atoms with Crippen molar-refractivity contribution in [1.29, 1.82) is 0 Å². The van der Waals surface area contributed by atoms with Gasteiger partial charge in [-0.1, -0.05) is 30.7 Å². The first kappa shape index (κ1) is 13.6. The maximum Gasteiger partial charge on any atom is 0.315 e. The summed E-state index contributed by atoms with van der Waals surface area (Å²) in [6, 6.07) is 8.01. The molecule has 3 heteroatoms. The fourth-order valence-corrected chi connectivity index (χ4v) is 4.22. The summed E-state index contributed by atoms with van der Waals surface area (Å²) in [7, 11) is 0. The van der Waals surface area contributed by atoms with Crippen LogP contribution in [-0.2, 0) is 9.53 Å². The lowest BCUT2D eigenvalue weighted by atomic mass is 9.60. The van der Waals surface area contributed by atoms with Gasteiger partial charge >= 0.3 is 5.97 Å². The van der Waals surface area contributed by atoms with Crippen LogP contribution < -0.4 is 0 Å². The van der Waals surface area contributed by atoms with Gasteiger partial charge in [0.2, 0.25) is 0 Å². The molecule has 2 aliphatic rings. The van der Waals surface area contributed by atoms with E-state index in [1.165, 1.54) is 5.56 Å². The highest BCUT2D eigenvalue weighted by atomic mass is 16.5. The molecular weight excluding hydrogens is 252 g/mol. The number of fused-ring (bicyclic) bond motifs is 3. The van der Waals surface area contributed by atoms with E-state index in [4.69, 9.17) is 4.74 Å². The van der Waals surface area contributed by atoms with Crippen molar-refractivity contribution in [3.63, 3.8) is 0 Å². The van der Waals surface area contributed by atoms with E-state index in [1.54, 1.807) is 0 Å². The Morgan fingerprint density at radius 2 is 2.05 bits per heavy atom. The molecule has 0 heterocycles. The second-order valence-corrected chi connectivity index (χ2v) is 6.18. The van der Waals surface area contributed by atoms with Gasteiger partial charge < -0.3 is 9.84 Å². The quantitative estimate of drug-likeness (QED) is 0.842. The molecule has 108 valence electrons. The number of benzene rings is 1. The zero-order valence-corrected chi connectivity index (χ0v) is 12.1. The Morgan fingerprint density at radius 3 is 2.75 bits per heavy atom. The molecule has 20 heavy (non-hydrogen) atoms. The van der Waals surface area contributed by atoms with E-state index in [-0.39, 0.29) is 11.9 Å². The standard InChI is InChI=1S/C17H22O3/c1-3-20-16(19)17(2)14-10-6-9-12(14)11-7-4-5-8-13(11)15(17)18/h4-5,7-8,12,14-15,18H,3,6,9-10H2,1-2H3/t12-,14+,15+,17-/m1/s1. The van der Waals surface area contributed by atoms with Crippen LogP contribution in [0.25, 0.3) is 0 Å². The monoisotopic (exact) mass is 274 g/mol. The number of hydrogen-bond acceptors (Lipinski definition) is 3. The first-order valence-corrected chi connectivity index (χ1v) is 7.54. The van der Waals surface area contributed by atoms with Crippen molar-refractivity contribution in [3.8, 4) is 0 Å². The minimum absolute atomic E-state index is 0.187. The van der Waals surface area contributed by atoms with Crippen molar-refractivity contribution in [2.24, 2.45) is 11.3 Å². The molecule has 3 nitrogen and oxygen atoms in total. The van der Waals surface area contributed by atoms with Crippen LogP contribution in [0, 0.1) is 11.3 Å². The Balaban J connectivity index is 2.10. The third kappa shape index (κ3) is 1.72. The van der Waals surface area contributed by atoms with Crippen molar-refractivity contribution >= 4 is 5.97 Å². The number of rotatable bonds is 2. The van der Waals surface area contributed by atoms with Crippen LogP contribution in [0.3, 0.4) is 0 Å². The van der Waals surface area contributed by atoms with Crippen LogP contribution in [-0.4, -0.2) is 17.7 Å². The molecule has 1 fully saturated rings. The molecule has 0 spiro atoms. The normalized spacial score (nSPS) is 35.2. The van der Waals surface area contributed by atoms with Crippen LogP contribution in [0.5, 0.6) is 0 Å². The largest absolute Gasteiger partial charge is 0.465 e. The molecule has 0 amide bonds. The summed E-state index contributed by atoms with van der Waals surface area (Å²) < 4.78 is 5.28. The lowest BCUT2D eigenvalue weighted by Gasteiger charge is -2.45. The molecule has 0 radical (unpaired) electrons. The minimum Gasteiger partial charge on any atom is -0.465 e. The van der Waals surface area contributed by atoms with E-state index in [2.05, 4.69) is 6.07 Å². The van der Waals surface area contributed by atoms with Crippen molar-refractivity contribution in [1.82, 2.24) is 0 Å². The molecule has 0 aliphatic heterocycles. The lowest BCUT2D eigenvalue weighted by Crippen LogP contribution is -2.46. The number of carbonyl (C=O) groups is 1. The van der Waals surface area contributed by atoms with Crippen LogP contribution in [0.4, 0.5) is 0 Å². The molecule has 0 saturated heterocycles. The van der Waals surface area contributed by atoms with Crippen LogP contribution in [0.1, 0.15) is 56.3 Å². The Labute approximate surface area is 120 Å². The van der Waals surface area contributed by atoms with Gasteiger partial charge in [-0.2, -0.15) is 0 Å². The number of carbonyl (C=O) groups excluding carboxylic acids is 1. The van der Waals surface area contributed by atoms with E-state index >= 15 is 0 Å². The van der Waals surface area contributed by atoms with Crippen molar-refractivity contribution < 1.29 is 14.6 Å². The second kappa shape index (κ2) is 4.88. The van der Waals surface area contributed by atoms with E-state index in [1.807, 2.05) is 32.0 Å². The summed E-state index contributed by atoms with van der Waals surface area (Å²) in [5, 5.41) is 10.8. The van der Waals surface area contributed by atoms with Gasteiger partial charge in [-0.15, -0.1) is 0 Å². The average Bonchev–Trinajstić information content (AvgIpc) is 2.95. The maximum atomic E-state index is 12.5. The summed E-state index contributed by atoms with van der Waals surface area (Å²) >= 11 is 0. The molecular formula is C17H22O3. The Kier molecular flexibility index (Phi) is 3.33. The highest BCUT2D eigenvalue weighted by Gasteiger charge is 2.56. The Bertz CT molecular complexity index is 525. The van der Waals surface area contributed by atoms with Gasteiger partial charge in [0.15, 0.2) is 0 Å². The van der Waals surface area contributed by atoms with Crippen molar-refractivity contribution in [3.05, 3.63) is 35.4 Å². The van der Waals surface area contributed by atoms with E-state index in [0.29, 0.717) is 12.5 Å².